The first-order chi connectivity index (χ1) is 39.5. The smallest absolute Gasteiger partial charge is 0.407 e. The van der Waals surface area contributed by atoms with Crippen molar-refractivity contribution in [2.45, 2.75) is 123 Å². The van der Waals surface area contributed by atoms with Gasteiger partial charge in [0.2, 0.25) is 23.6 Å². The van der Waals surface area contributed by atoms with Gasteiger partial charge in [-0.3, -0.25) is 33.7 Å². The predicted molar refractivity (Wildman–Crippen MR) is 306 cm³/mol. The minimum Gasteiger partial charge on any atom is -0.445 e. The Morgan fingerprint density at radius 1 is 0.878 bits per heavy atom. The number of halogens is 2. The van der Waals surface area contributed by atoms with Crippen molar-refractivity contribution < 1.29 is 56.6 Å². The number of anilines is 1. The molecular formula is C58H81F2N11O10S. The van der Waals surface area contributed by atoms with Gasteiger partial charge in [-0.15, -0.1) is 0 Å². The number of thioether (sulfide) groups is 1. The van der Waals surface area contributed by atoms with Crippen LogP contribution < -0.4 is 37.6 Å². The van der Waals surface area contributed by atoms with Gasteiger partial charge in [-0.05, 0) is 130 Å². The number of imidazole rings is 1. The van der Waals surface area contributed by atoms with Crippen molar-refractivity contribution in [1.29, 1.82) is 0 Å². The van der Waals surface area contributed by atoms with Gasteiger partial charge in [0, 0.05) is 69.2 Å². The number of nitrogens with one attached hydrogen (secondary N) is 7. The van der Waals surface area contributed by atoms with E-state index in [1.165, 1.54) is 18.3 Å². The molecule has 3 aromatic rings. The molecule has 21 nitrogen and oxygen atoms in total. The lowest BCUT2D eigenvalue weighted by Crippen LogP contribution is -2.54. The van der Waals surface area contributed by atoms with Crippen molar-refractivity contribution >= 4 is 65.0 Å². The highest BCUT2D eigenvalue weighted by atomic mass is 32.2. The van der Waals surface area contributed by atoms with Crippen LogP contribution in [0.15, 0.2) is 60.8 Å². The van der Waals surface area contributed by atoms with E-state index in [9.17, 15) is 47.1 Å². The highest BCUT2D eigenvalue weighted by Crippen LogP contribution is 2.37. The van der Waals surface area contributed by atoms with E-state index in [4.69, 9.17) is 20.2 Å². The minimum atomic E-state index is -1.05. The molecule has 5 atom stereocenters. The Bertz CT molecular complexity index is 2640. The first-order valence-corrected chi connectivity index (χ1v) is 29.8. The third kappa shape index (κ3) is 20.5. The average molecular weight is 1160 g/mol. The van der Waals surface area contributed by atoms with Gasteiger partial charge in [0.1, 0.15) is 36.1 Å². The number of carbonyl (C=O) groups excluding carboxylic acids is 8. The van der Waals surface area contributed by atoms with Gasteiger partial charge >= 0.3 is 12.1 Å². The van der Waals surface area contributed by atoms with E-state index in [-0.39, 0.29) is 85.2 Å². The topological polar surface area (TPSA) is 288 Å². The summed E-state index contributed by atoms with van der Waals surface area (Å²) in [5, 5.41) is 17.1. The zero-order valence-electron chi connectivity index (χ0n) is 47.2. The maximum Gasteiger partial charge on any atom is 0.407 e. The van der Waals surface area contributed by atoms with Crippen molar-refractivity contribution in [3.8, 4) is 11.3 Å². The lowest BCUT2D eigenvalue weighted by molar-refractivity contribution is -0.137. The first-order valence-electron chi connectivity index (χ1n) is 28.6. The van der Waals surface area contributed by atoms with Gasteiger partial charge in [-0.25, -0.2) is 23.4 Å². The van der Waals surface area contributed by atoms with E-state index in [2.05, 4.69) is 43.8 Å². The van der Waals surface area contributed by atoms with Gasteiger partial charge in [-0.1, -0.05) is 52.2 Å². The van der Waals surface area contributed by atoms with Crippen LogP contribution in [-0.2, 0) is 44.8 Å². The summed E-state index contributed by atoms with van der Waals surface area (Å²) < 4.78 is 40.2. The Morgan fingerprint density at radius 3 is 2.30 bits per heavy atom. The standard InChI is InChI=1S/C58H81F2N11O10S/c1-37(2)52(69-48(72)13-7-6-9-26-70-49(73)20-21-50(70)74)56(77)68-46(12-11-25-63-57(61)78)55(76)66-43-17-14-39(15-18-43)35-81-58(79)64-24-8-4-5-10-29-82-36-51(75)71(34-41-32-62-31-38(41)3)53(40-22-27-80-28-23-40)54-65-33-47(67-54)44-30-42(59)16-19-45(44)60/h14-21,30,33,37-38,40-41,46,52-53,62H,4-13,22-29,31-32,34-36H2,1-3H3,(H,64,79)(H,65,67)(H,66,76)(H,68,77)(H,69,72)(H3,61,63,78). The van der Waals surface area contributed by atoms with Crippen LogP contribution in [0.3, 0.4) is 0 Å². The minimum absolute atomic E-state index is 0.00709. The van der Waals surface area contributed by atoms with Crippen LogP contribution in [0, 0.1) is 35.3 Å². The van der Waals surface area contributed by atoms with Gasteiger partial charge in [0.25, 0.3) is 11.8 Å². The number of rotatable bonds is 33. The van der Waals surface area contributed by atoms with Gasteiger partial charge in [0.05, 0.1) is 23.7 Å². The molecule has 4 heterocycles. The molecule has 0 saturated carbocycles. The molecule has 6 rings (SSSR count). The largest absolute Gasteiger partial charge is 0.445 e. The van der Waals surface area contributed by atoms with Crippen molar-refractivity contribution in [3.63, 3.8) is 0 Å². The summed E-state index contributed by atoms with van der Waals surface area (Å²) in [4.78, 5) is 113. The van der Waals surface area contributed by atoms with Crippen LogP contribution in [0.2, 0.25) is 0 Å². The Balaban J connectivity index is 0.894. The monoisotopic (exact) mass is 1160 g/mol. The van der Waals surface area contributed by atoms with Crippen LogP contribution in [0.4, 0.5) is 24.1 Å². The average Bonchev–Trinajstić information content (AvgIpc) is 4.27. The van der Waals surface area contributed by atoms with Crippen LogP contribution in [0.1, 0.15) is 115 Å². The Hall–Kier alpha value is -6.92. The molecule has 3 aliphatic rings. The number of unbranched alkanes of at least 4 members (excludes halogenated alkanes) is 5. The molecule has 9 amide bonds. The number of nitrogens with two attached hydrogens (primary N) is 1. The summed E-state index contributed by atoms with van der Waals surface area (Å²) in [6, 6.07) is 6.84. The van der Waals surface area contributed by atoms with E-state index in [1.54, 1.807) is 49.9 Å². The maximum atomic E-state index is 14.9. The highest BCUT2D eigenvalue weighted by molar-refractivity contribution is 7.99. The molecule has 0 radical (unpaired) electrons. The molecule has 0 spiro atoms. The Morgan fingerprint density at radius 2 is 1.60 bits per heavy atom. The van der Waals surface area contributed by atoms with E-state index in [0.717, 1.165) is 80.5 Å². The highest BCUT2D eigenvalue weighted by Gasteiger charge is 2.38. The Labute approximate surface area is 482 Å². The molecule has 0 bridgehead atoms. The fourth-order valence-electron chi connectivity index (χ4n) is 10.2. The van der Waals surface area contributed by atoms with E-state index in [0.29, 0.717) is 80.7 Å². The number of ether oxygens (including phenoxy) is 2. The second-order valence-electron chi connectivity index (χ2n) is 21.6. The molecular weight excluding hydrogens is 1080 g/mol. The van der Waals surface area contributed by atoms with E-state index < -0.39 is 53.7 Å². The molecule has 82 heavy (non-hydrogen) atoms. The van der Waals surface area contributed by atoms with Crippen molar-refractivity contribution in [1.82, 2.24) is 46.4 Å². The maximum absolute atomic E-state index is 14.9. The van der Waals surface area contributed by atoms with Crippen LogP contribution in [-0.4, -0.2) is 143 Å². The molecule has 2 saturated heterocycles. The van der Waals surface area contributed by atoms with E-state index >= 15 is 0 Å². The number of primary amides is 1. The predicted octanol–water partition coefficient (Wildman–Crippen LogP) is 6.22. The SMILES string of the molecule is CC(C)C(NC(=O)CCCCCN1C(=O)C=CC1=O)C(=O)NC(CCCNC(N)=O)C(=O)Nc1ccc(COC(=O)NCCCCCCSCC(=O)N(CC2CNCC2C)C(c2ncc(-c3cc(F)ccc3F)[nH]2)C2CCOCC2)cc1. The summed E-state index contributed by atoms with van der Waals surface area (Å²) in [5.41, 5.74) is 6.72. The number of H-pyrrole nitrogens is 1. The second kappa shape index (κ2) is 33.3. The zero-order chi connectivity index (χ0) is 59.0. The number of carbonyl (C=O) groups is 8. The molecule has 2 fully saturated rings. The van der Waals surface area contributed by atoms with E-state index in [1.807, 2.05) is 4.90 Å². The molecule has 9 N–H and O–H groups in total. The molecule has 3 aliphatic heterocycles. The number of aromatic nitrogens is 2. The van der Waals surface area contributed by atoms with Gasteiger partial charge in [-0.2, -0.15) is 11.8 Å². The summed E-state index contributed by atoms with van der Waals surface area (Å²) in [6.45, 7) is 9.85. The number of urea groups is 1. The number of alkyl carbamates (subject to hydrolysis) is 1. The zero-order valence-corrected chi connectivity index (χ0v) is 48.1. The normalized spacial score (nSPS) is 17.3. The molecule has 5 unspecified atom stereocenters. The van der Waals surface area contributed by atoms with Crippen molar-refractivity contribution in [2.75, 3.05) is 69.3 Å². The number of hydrogen-bond donors (Lipinski definition) is 8. The van der Waals surface area contributed by atoms with Crippen LogP contribution >= 0.6 is 11.8 Å². The number of aromatic amines is 1. The fourth-order valence-corrected chi connectivity index (χ4v) is 11.1. The van der Waals surface area contributed by atoms with Crippen LogP contribution in [0.25, 0.3) is 11.3 Å². The summed E-state index contributed by atoms with van der Waals surface area (Å²) >= 11 is 1.59. The third-order valence-electron chi connectivity index (χ3n) is 14.9. The summed E-state index contributed by atoms with van der Waals surface area (Å²) in [5.74, 6) is -1.35. The second-order valence-corrected chi connectivity index (χ2v) is 22.7. The van der Waals surface area contributed by atoms with Crippen LogP contribution in [0.5, 0.6) is 0 Å². The molecule has 448 valence electrons. The van der Waals surface area contributed by atoms with Crippen molar-refractivity contribution in [3.05, 3.63) is 83.8 Å². The van der Waals surface area contributed by atoms with Gasteiger partial charge in [0.15, 0.2) is 0 Å². The molecule has 0 aliphatic carbocycles. The first kappa shape index (κ1) is 64.3. The lowest BCUT2D eigenvalue weighted by Gasteiger charge is -2.39. The molecule has 1 aromatic heterocycles. The number of benzene rings is 2. The summed E-state index contributed by atoms with van der Waals surface area (Å²) in [6.07, 6.45) is 10.4. The Kier molecular flexibility index (Phi) is 26.1. The number of hydrogen-bond acceptors (Lipinski definition) is 13. The fraction of sp³-hybridized carbons (Fsp3) is 0.569. The summed E-state index contributed by atoms with van der Waals surface area (Å²) in [7, 11) is 0. The molecule has 24 heteroatoms. The quantitative estimate of drug-likeness (QED) is 0.0249. The number of imide groups is 1. The number of nitrogens with zero attached hydrogens (tertiary/aromatic N) is 3. The van der Waals surface area contributed by atoms with Gasteiger partial charge < -0.3 is 57.0 Å². The lowest BCUT2D eigenvalue weighted by atomic mass is 9.88. The molecule has 2 aromatic carbocycles. The number of amides is 9. The van der Waals surface area contributed by atoms with Crippen molar-refractivity contribution in [2.24, 2.45) is 29.4 Å². The third-order valence-corrected chi connectivity index (χ3v) is 16.0.